The Bertz CT molecular complexity index is 3220. The van der Waals surface area contributed by atoms with Crippen LogP contribution in [-0.2, 0) is 75.2 Å². The van der Waals surface area contributed by atoms with Crippen LogP contribution in [-0.4, -0.2) is 220 Å². The van der Waals surface area contributed by atoms with E-state index in [1.54, 1.807) is 38.1 Å². The highest BCUT2D eigenvalue weighted by atomic mass is 19.4. The van der Waals surface area contributed by atoms with Crippen molar-refractivity contribution in [1.29, 1.82) is 0 Å². The lowest BCUT2D eigenvalue weighted by Gasteiger charge is -2.32. The van der Waals surface area contributed by atoms with Gasteiger partial charge in [0, 0.05) is 25.9 Å². The topological polar surface area (TPSA) is 513 Å². The van der Waals surface area contributed by atoms with Crippen LogP contribution < -0.4 is 76.1 Å². The number of phenolic OH excluding ortho intramolecular Hbond substituents is 2. The average molecular weight is 1600 g/mol. The fourth-order valence-electron chi connectivity index (χ4n) is 13.6. The molecule has 0 bridgehead atoms. The number of carboxylic acids is 1. The number of hydrogen-bond donors (Lipinski definition) is 17. The number of halogens is 3. The van der Waals surface area contributed by atoms with Crippen molar-refractivity contribution in [3.05, 3.63) is 59.7 Å². The van der Waals surface area contributed by atoms with Crippen molar-refractivity contribution in [3.8, 4) is 11.5 Å². The predicted octanol–water partition coefficient (Wildman–Crippen LogP) is 2.06. The fourth-order valence-corrected chi connectivity index (χ4v) is 13.6. The molecule has 0 aliphatic carbocycles. The molecule has 14 atom stereocenters. The number of amides is 12. The first kappa shape index (κ1) is 96.2. The average Bonchev–Trinajstić information content (AvgIpc) is 1.75. The third kappa shape index (κ3) is 31.9. The Morgan fingerprint density at radius 3 is 0.956 bits per heavy atom. The van der Waals surface area contributed by atoms with Crippen molar-refractivity contribution >= 4 is 76.9 Å². The molecule has 113 heavy (non-hydrogen) atoms. The summed E-state index contributed by atoms with van der Waals surface area (Å²) in [5.74, 6) is -13.1. The van der Waals surface area contributed by atoms with Crippen LogP contribution in [0.1, 0.15) is 195 Å². The van der Waals surface area contributed by atoms with Crippen LogP contribution in [0.15, 0.2) is 48.5 Å². The van der Waals surface area contributed by atoms with Gasteiger partial charge in [0.1, 0.15) is 84.0 Å². The maximum atomic E-state index is 15.1. The van der Waals surface area contributed by atoms with Crippen molar-refractivity contribution in [3.63, 3.8) is 0 Å². The van der Waals surface area contributed by atoms with E-state index < -0.39 is 167 Å². The van der Waals surface area contributed by atoms with Crippen LogP contribution in [0, 0.1) is 23.7 Å². The van der Waals surface area contributed by atoms with E-state index in [1.807, 2.05) is 41.5 Å². The van der Waals surface area contributed by atoms with Gasteiger partial charge in [-0.2, -0.15) is 13.2 Å². The summed E-state index contributed by atoms with van der Waals surface area (Å²) in [4.78, 5) is 191. The molecular formula is C78H125F3N16O16. The van der Waals surface area contributed by atoms with E-state index in [1.165, 1.54) is 34.1 Å². The van der Waals surface area contributed by atoms with Gasteiger partial charge in [-0.1, -0.05) is 92.5 Å². The second-order valence-corrected chi connectivity index (χ2v) is 30.6. The summed E-state index contributed by atoms with van der Waals surface area (Å²) in [5.41, 5.74) is 24.8. The molecule has 3 aliphatic rings. The van der Waals surface area contributed by atoms with Crippen molar-refractivity contribution < 1.29 is 90.8 Å². The quantitative estimate of drug-likeness (QED) is 0.0542. The number of nitrogens with zero attached hydrogens (tertiary/aromatic N) is 2. The molecule has 0 unspecified atom stereocenters. The van der Waals surface area contributed by atoms with Crippen molar-refractivity contribution in [2.75, 3.05) is 39.3 Å². The summed E-state index contributed by atoms with van der Waals surface area (Å²) in [7, 11) is 0. The van der Waals surface area contributed by atoms with Gasteiger partial charge in [-0.05, 0) is 201 Å². The Hall–Kier alpha value is -9.22. The Balaban J connectivity index is 0.00000366. The number of aromatic hydroxyl groups is 2. The van der Waals surface area contributed by atoms with Crippen molar-refractivity contribution in [2.45, 2.75) is 275 Å². The lowest BCUT2D eigenvalue weighted by molar-refractivity contribution is -0.192. The Labute approximate surface area is 660 Å². The molecule has 3 fully saturated rings. The minimum atomic E-state index is -5.08. The number of nitrogens with two attached hydrogens (primary N) is 4. The predicted molar refractivity (Wildman–Crippen MR) is 416 cm³/mol. The minimum Gasteiger partial charge on any atom is -0.508 e. The van der Waals surface area contributed by atoms with E-state index in [0.29, 0.717) is 88.2 Å². The van der Waals surface area contributed by atoms with Gasteiger partial charge in [-0.15, -0.1) is 0 Å². The molecule has 12 amide bonds. The molecule has 0 saturated carbocycles. The maximum absolute atomic E-state index is 15.1. The fraction of sp³-hybridized carbons (Fsp3) is 0.679. The summed E-state index contributed by atoms with van der Waals surface area (Å²) in [5, 5.41) is 56.3. The Morgan fingerprint density at radius 1 is 0.407 bits per heavy atom. The highest BCUT2D eigenvalue weighted by Crippen LogP contribution is 2.26. The Morgan fingerprint density at radius 2 is 0.673 bits per heavy atom. The van der Waals surface area contributed by atoms with Crippen LogP contribution in [0.5, 0.6) is 11.5 Å². The Kier molecular flexibility index (Phi) is 41.5. The van der Waals surface area contributed by atoms with E-state index >= 15 is 19.2 Å². The van der Waals surface area contributed by atoms with Crippen molar-refractivity contribution in [1.82, 2.24) is 63.0 Å². The first-order chi connectivity index (χ1) is 53.5. The van der Waals surface area contributed by atoms with Crippen molar-refractivity contribution in [2.24, 2.45) is 46.6 Å². The van der Waals surface area contributed by atoms with Gasteiger partial charge in [0.25, 0.3) is 0 Å². The van der Waals surface area contributed by atoms with E-state index in [-0.39, 0.29) is 127 Å². The molecular weight excluding hydrogens is 1470 g/mol. The molecule has 634 valence electrons. The SMILES string of the molecule is CC[C@H](C)[C@@H]1NC(=O)[C@H](Cc2ccc(O)cc2)NC(=O)[C@@H]2CCCN2C(=O)[C@H](CCCCN)NC(=O)[C@H](CCCCN)NC(=O)[C@H](CC(C)C)NC(=O)[C@H]([C@@H](C)CC)NC(=O)[C@H](Cc2ccc(O)cc2)NC(=O)[C@@H]2CCCN2C(=O)[C@H](CCCCN)NC(=O)[C@H](CCCCN)NC(=O)[C@H](CC(C)C)NC1=O.O=C(O)C(F)(F)F. The summed E-state index contributed by atoms with van der Waals surface area (Å²) in [6.07, 6.45) is 0.0540. The van der Waals surface area contributed by atoms with Crippen LogP contribution >= 0.6 is 0 Å². The lowest BCUT2D eigenvalue weighted by Crippen LogP contribution is -2.62. The first-order valence-corrected chi connectivity index (χ1v) is 39.8. The number of unbranched alkanes of at least 4 members (excludes halogenated alkanes) is 4. The molecule has 0 radical (unpaired) electrons. The van der Waals surface area contributed by atoms with Gasteiger partial charge in [-0.25, -0.2) is 4.79 Å². The lowest BCUT2D eigenvalue weighted by atomic mass is 9.95. The summed E-state index contributed by atoms with van der Waals surface area (Å²) >= 11 is 0. The van der Waals surface area contributed by atoms with Gasteiger partial charge in [0.05, 0.1) is 0 Å². The number of carbonyl (C=O) groups is 13. The summed E-state index contributed by atoms with van der Waals surface area (Å²) in [6.45, 7) is 15.6. The molecule has 35 heteroatoms. The number of fused-ring (bicyclic) bond motifs is 2. The van der Waals surface area contributed by atoms with Crippen LogP contribution in [0.4, 0.5) is 13.2 Å². The van der Waals surface area contributed by atoms with Gasteiger partial charge in [0.2, 0.25) is 70.9 Å². The summed E-state index contributed by atoms with van der Waals surface area (Å²) < 4.78 is 31.7. The second-order valence-electron chi connectivity index (χ2n) is 30.6. The molecule has 0 spiro atoms. The van der Waals surface area contributed by atoms with Crippen LogP contribution in [0.3, 0.4) is 0 Å². The highest BCUT2D eigenvalue weighted by Gasteiger charge is 2.44. The highest BCUT2D eigenvalue weighted by molar-refractivity contribution is 6.01. The van der Waals surface area contributed by atoms with Crippen LogP contribution in [0.2, 0.25) is 0 Å². The number of carbonyl (C=O) groups excluding carboxylic acids is 12. The van der Waals surface area contributed by atoms with E-state index in [0.717, 1.165) is 0 Å². The first-order valence-electron chi connectivity index (χ1n) is 39.8. The van der Waals surface area contributed by atoms with E-state index in [2.05, 4.69) is 53.2 Å². The monoisotopic (exact) mass is 1600 g/mol. The normalized spacial score (nSPS) is 24.9. The molecule has 3 aliphatic heterocycles. The number of benzene rings is 2. The number of alkyl halides is 3. The third-order valence-corrected chi connectivity index (χ3v) is 20.5. The van der Waals surface area contributed by atoms with E-state index in [9.17, 15) is 61.7 Å². The second kappa shape index (κ2) is 48.8. The summed E-state index contributed by atoms with van der Waals surface area (Å²) in [6, 6.07) is -3.45. The minimum absolute atomic E-state index is 0.0578. The molecule has 5 rings (SSSR count). The number of rotatable bonds is 28. The third-order valence-electron chi connectivity index (χ3n) is 20.5. The van der Waals surface area contributed by atoms with E-state index in [4.69, 9.17) is 32.8 Å². The molecule has 2 aromatic carbocycles. The van der Waals surface area contributed by atoms with Gasteiger partial charge in [-0.3, -0.25) is 57.5 Å². The number of aliphatic carboxylic acids is 1. The molecule has 3 heterocycles. The van der Waals surface area contributed by atoms with Gasteiger partial charge < -0.3 is 101 Å². The van der Waals surface area contributed by atoms with Gasteiger partial charge >= 0.3 is 12.1 Å². The van der Waals surface area contributed by atoms with Gasteiger partial charge in [0.15, 0.2) is 0 Å². The molecule has 3 saturated heterocycles. The molecule has 32 nitrogen and oxygen atoms in total. The molecule has 2 aromatic rings. The zero-order valence-electron chi connectivity index (χ0n) is 66.6. The smallest absolute Gasteiger partial charge is 0.490 e. The number of hydrogen-bond acceptors (Lipinski definition) is 19. The molecule has 0 aromatic heterocycles. The maximum Gasteiger partial charge on any atom is 0.490 e. The zero-order valence-corrected chi connectivity index (χ0v) is 66.6. The number of nitrogens with one attached hydrogen (secondary N) is 10. The largest absolute Gasteiger partial charge is 0.508 e. The number of carboxylic acid groups (broad SMARTS) is 1. The molecule has 21 N–H and O–H groups in total. The van der Waals surface area contributed by atoms with Crippen LogP contribution in [0.25, 0.3) is 0 Å². The zero-order chi connectivity index (χ0) is 84.2. The standard InChI is InChI=1S/C76H124N16O14.C2HF3O2/c1-9-47(7)63-73(103)87-57(41-45(3)4)67(97)81-53(21-11-15-35-77)65(95)83-56(24-14-18-38-80)76(106)92-40-20-26-62(92)72(102)86-60(44-50-29-33-52(94)34-30-50)70(100)90-64(48(8)10-2)74(104)88-58(42-46(5)6)68(98)82-54(22-12-16-36-78)66(96)84-55(23-13-17-37-79)75(105)91-39-19-25-61(91)71(101)85-59(69(99)89-63)43-49-27-31-51(93)32-28-49;3-2(4,5)1(6)7/h27-34,45-48,53-64,93-94H,9-26,35-44,77-80H2,1-8H3,(H,81,97)(H,82,98)(H,83,95)(H,84,96)(H,85,101)(H,86,102)(H,87,103)(H,88,104)(H,89,99)(H,90,100);(H,6,7)/t47-,48-,53-,54-,55-,56-,57-,58-,59-,60-,61-,62-,63-,64-;/m0./s1. The number of phenols is 2.